The summed E-state index contributed by atoms with van der Waals surface area (Å²) in [7, 11) is 0. The van der Waals surface area contributed by atoms with Crippen LogP contribution in [0.5, 0.6) is 0 Å². The molecule has 16 heavy (non-hydrogen) atoms. The average Bonchev–Trinajstić information content (AvgIpc) is 2.19. The van der Waals surface area contributed by atoms with Gasteiger partial charge in [-0.2, -0.15) is 0 Å². The first-order chi connectivity index (χ1) is 7.50. The number of halogens is 2. The molecule has 0 bridgehead atoms. The smallest absolute Gasteiger partial charge is 0.167 e. The van der Waals surface area contributed by atoms with Gasteiger partial charge in [-0.05, 0) is 26.0 Å². The molecule has 0 spiro atoms. The summed E-state index contributed by atoms with van der Waals surface area (Å²) in [6, 6.07) is 7.43. The van der Waals surface area contributed by atoms with Crippen molar-refractivity contribution in [2.24, 2.45) is 0 Å². The van der Waals surface area contributed by atoms with Gasteiger partial charge in [0.15, 0.2) is 10.3 Å². The first kappa shape index (κ1) is 12.9. The number of fused-ring (bicyclic) bond motifs is 1. The standard InChI is InChI=1S/C8H4Cl2N2.C3H6O/c9-7-8(10)12-6-4-2-1-3-5(6)11-7;1-3(2)4/h1-4H;1-2H3. The number of benzene rings is 1. The fourth-order valence-electron chi connectivity index (χ4n) is 0.957. The van der Waals surface area contributed by atoms with Crippen molar-refractivity contribution in [3.8, 4) is 0 Å². The number of hydrogen-bond donors (Lipinski definition) is 0. The van der Waals surface area contributed by atoms with Crippen molar-refractivity contribution >= 4 is 40.0 Å². The van der Waals surface area contributed by atoms with Crippen LogP contribution in [0.15, 0.2) is 24.3 Å². The molecule has 0 aliphatic carbocycles. The lowest BCUT2D eigenvalue weighted by Crippen LogP contribution is -1.85. The summed E-state index contributed by atoms with van der Waals surface area (Å²) in [4.78, 5) is 17.5. The van der Waals surface area contributed by atoms with Crippen LogP contribution in [0.4, 0.5) is 0 Å². The Kier molecular flexibility index (Phi) is 4.65. The zero-order chi connectivity index (χ0) is 12.1. The number of hydrogen-bond acceptors (Lipinski definition) is 3. The molecule has 0 fully saturated rings. The quantitative estimate of drug-likeness (QED) is 0.725. The minimum atomic E-state index is 0.167. The second-order valence-electron chi connectivity index (χ2n) is 3.20. The first-order valence-electron chi connectivity index (χ1n) is 4.55. The Balaban J connectivity index is 0.000000280. The second kappa shape index (κ2) is 5.77. The van der Waals surface area contributed by atoms with Gasteiger partial charge in [0.1, 0.15) is 5.78 Å². The van der Waals surface area contributed by atoms with E-state index in [-0.39, 0.29) is 16.1 Å². The van der Waals surface area contributed by atoms with Gasteiger partial charge >= 0.3 is 0 Å². The molecule has 1 aromatic heterocycles. The molecule has 0 aliphatic heterocycles. The van der Waals surface area contributed by atoms with Crippen LogP contribution in [0.3, 0.4) is 0 Å². The van der Waals surface area contributed by atoms with E-state index < -0.39 is 0 Å². The minimum absolute atomic E-state index is 0.167. The number of Topliss-reactive ketones (excluding diaryl/α,β-unsaturated/α-hetero) is 1. The fraction of sp³-hybridized carbons (Fsp3) is 0.182. The molecule has 0 unspecified atom stereocenters. The van der Waals surface area contributed by atoms with Gasteiger partial charge in [0.05, 0.1) is 11.0 Å². The molecule has 0 radical (unpaired) electrons. The first-order valence-corrected chi connectivity index (χ1v) is 5.31. The van der Waals surface area contributed by atoms with Crippen LogP contribution in [0.25, 0.3) is 11.0 Å². The third-order valence-corrected chi connectivity index (χ3v) is 2.11. The molecule has 2 rings (SSSR count). The normalized spacial score (nSPS) is 9.50. The van der Waals surface area contributed by atoms with Crippen molar-refractivity contribution in [3.63, 3.8) is 0 Å². The molecule has 0 saturated carbocycles. The van der Waals surface area contributed by atoms with Gasteiger partial charge in [-0.1, -0.05) is 35.3 Å². The SMILES string of the molecule is CC(C)=O.Clc1nc2ccccc2nc1Cl. The van der Waals surface area contributed by atoms with E-state index in [0.717, 1.165) is 11.0 Å². The van der Waals surface area contributed by atoms with Crippen molar-refractivity contribution in [1.29, 1.82) is 0 Å². The highest BCUT2D eigenvalue weighted by Crippen LogP contribution is 2.20. The topological polar surface area (TPSA) is 42.9 Å². The van der Waals surface area contributed by atoms with Crippen molar-refractivity contribution in [2.75, 3.05) is 0 Å². The fourth-order valence-corrected chi connectivity index (χ4v) is 1.22. The number of aromatic nitrogens is 2. The number of rotatable bonds is 0. The van der Waals surface area contributed by atoms with E-state index in [1.807, 2.05) is 24.3 Å². The summed E-state index contributed by atoms with van der Waals surface area (Å²) >= 11 is 11.4. The highest BCUT2D eigenvalue weighted by atomic mass is 35.5. The number of carbonyl (C=O) groups excluding carboxylic acids is 1. The number of ketones is 1. The van der Waals surface area contributed by atoms with Gasteiger partial charge in [0, 0.05) is 0 Å². The Bertz CT molecular complexity index is 470. The summed E-state index contributed by atoms with van der Waals surface area (Å²) in [6.45, 7) is 3.06. The Morgan fingerprint density at radius 2 is 1.31 bits per heavy atom. The van der Waals surface area contributed by atoms with Crippen LogP contribution in [0.1, 0.15) is 13.8 Å². The van der Waals surface area contributed by atoms with E-state index >= 15 is 0 Å². The van der Waals surface area contributed by atoms with Crippen LogP contribution < -0.4 is 0 Å². The van der Waals surface area contributed by atoms with E-state index in [0.29, 0.717) is 0 Å². The van der Waals surface area contributed by atoms with Gasteiger partial charge < -0.3 is 4.79 Å². The molecule has 0 amide bonds. The summed E-state index contributed by atoms with van der Waals surface area (Å²) in [5.74, 6) is 0.167. The molecule has 0 aliphatic rings. The monoisotopic (exact) mass is 256 g/mol. The van der Waals surface area contributed by atoms with Crippen LogP contribution in [-0.2, 0) is 4.79 Å². The number of para-hydroxylation sites is 2. The van der Waals surface area contributed by atoms with E-state index in [1.165, 1.54) is 13.8 Å². The van der Waals surface area contributed by atoms with E-state index in [1.54, 1.807) is 0 Å². The minimum Gasteiger partial charge on any atom is -0.300 e. The predicted molar refractivity (Wildman–Crippen MR) is 65.9 cm³/mol. The zero-order valence-electron chi connectivity index (χ0n) is 8.87. The molecule has 2 aromatic rings. The van der Waals surface area contributed by atoms with Gasteiger partial charge in [0.2, 0.25) is 0 Å². The van der Waals surface area contributed by atoms with E-state index in [9.17, 15) is 4.79 Å². The van der Waals surface area contributed by atoms with Crippen molar-refractivity contribution in [3.05, 3.63) is 34.6 Å². The van der Waals surface area contributed by atoms with Crippen molar-refractivity contribution in [2.45, 2.75) is 13.8 Å². The van der Waals surface area contributed by atoms with Gasteiger partial charge in [0.25, 0.3) is 0 Å². The molecule has 1 aromatic carbocycles. The van der Waals surface area contributed by atoms with E-state index in [4.69, 9.17) is 23.2 Å². The maximum atomic E-state index is 9.44. The lowest BCUT2D eigenvalue weighted by atomic mass is 10.3. The Labute approximate surface area is 103 Å². The third-order valence-electron chi connectivity index (χ3n) is 1.49. The predicted octanol–water partition coefficient (Wildman–Crippen LogP) is 3.53. The molecule has 0 saturated heterocycles. The molecule has 0 atom stereocenters. The molecule has 0 N–H and O–H groups in total. The Morgan fingerprint density at radius 1 is 1.00 bits per heavy atom. The van der Waals surface area contributed by atoms with Gasteiger partial charge in [-0.15, -0.1) is 0 Å². The summed E-state index contributed by atoms with van der Waals surface area (Å²) < 4.78 is 0. The maximum Gasteiger partial charge on any atom is 0.167 e. The maximum absolute atomic E-state index is 9.44. The lowest BCUT2D eigenvalue weighted by molar-refractivity contribution is -0.114. The van der Waals surface area contributed by atoms with Crippen LogP contribution in [0, 0.1) is 0 Å². The van der Waals surface area contributed by atoms with Crippen LogP contribution in [0.2, 0.25) is 10.3 Å². The summed E-state index contributed by atoms with van der Waals surface area (Å²) in [6.07, 6.45) is 0. The largest absolute Gasteiger partial charge is 0.300 e. The molecule has 5 heteroatoms. The van der Waals surface area contributed by atoms with Gasteiger partial charge in [-0.25, -0.2) is 9.97 Å². The second-order valence-corrected chi connectivity index (χ2v) is 3.92. The third kappa shape index (κ3) is 3.76. The molecular formula is C11H10Cl2N2O. The summed E-state index contributed by atoms with van der Waals surface area (Å²) in [5.41, 5.74) is 1.51. The van der Waals surface area contributed by atoms with Gasteiger partial charge in [-0.3, -0.25) is 0 Å². The zero-order valence-corrected chi connectivity index (χ0v) is 10.4. The molecule has 1 heterocycles. The highest BCUT2D eigenvalue weighted by molar-refractivity contribution is 6.40. The average molecular weight is 257 g/mol. The van der Waals surface area contributed by atoms with Crippen molar-refractivity contribution in [1.82, 2.24) is 9.97 Å². The van der Waals surface area contributed by atoms with Crippen LogP contribution >= 0.6 is 23.2 Å². The number of carbonyl (C=O) groups is 1. The van der Waals surface area contributed by atoms with Crippen molar-refractivity contribution < 1.29 is 4.79 Å². The molecule has 84 valence electrons. The Hall–Kier alpha value is -1.19. The highest BCUT2D eigenvalue weighted by Gasteiger charge is 2.02. The van der Waals surface area contributed by atoms with E-state index in [2.05, 4.69) is 9.97 Å². The van der Waals surface area contributed by atoms with Crippen LogP contribution in [-0.4, -0.2) is 15.8 Å². The number of nitrogens with zero attached hydrogens (tertiary/aromatic N) is 2. The molecular weight excluding hydrogens is 247 g/mol. The summed E-state index contributed by atoms with van der Waals surface area (Å²) in [5, 5.41) is 0.491. The Morgan fingerprint density at radius 3 is 1.62 bits per heavy atom. The lowest BCUT2D eigenvalue weighted by Gasteiger charge is -1.97. The molecule has 3 nitrogen and oxygen atoms in total.